The highest BCUT2D eigenvalue weighted by molar-refractivity contribution is 5.55. The summed E-state index contributed by atoms with van der Waals surface area (Å²) >= 11 is 0. The van der Waals surface area contributed by atoms with Gasteiger partial charge in [0, 0.05) is 25.7 Å². The van der Waals surface area contributed by atoms with Crippen molar-refractivity contribution < 1.29 is 4.39 Å². The fraction of sp³-hybridized carbons (Fsp3) is 0.625. The largest absolute Gasteiger partial charge is 0.369 e. The van der Waals surface area contributed by atoms with Gasteiger partial charge in [-0.1, -0.05) is 38.8 Å². The first-order valence-electron chi connectivity index (χ1n) is 7.44. The number of benzene rings is 1. The van der Waals surface area contributed by atoms with Crippen LogP contribution in [-0.2, 0) is 6.54 Å². The van der Waals surface area contributed by atoms with Crippen LogP contribution in [0, 0.1) is 5.82 Å². The molecule has 1 aromatic carbocycles. The molecular formula is C16H25FN2. The Morgan fingerprint density at radius 2 is 1.84 bits per heavy atom. The predicted octanol–water partition coefficient (Wildman–Crippen LogP) is 3.70. The summed E-state index contributed by atoms with van der Waals surface area (Å²) in [6.45, 7) is 6.93. The number of nitrogens with zero attached hydrogens (tertiary/aromatic N) is 1. The lowest BCUT2D eigenvalue weighted by Crippen LogP contribution is -2.28. The topological polar surface area (TPSA) is 15.3 Å². The third-order valence-electron chi connectivity index (χ3n) is 3.69. The summed E-state index contributed by atoms with van der Waals surface area (Å²) in [5, 5.41) is 3.39. The van der Waals surface area contributed by atoms with Crippen molar-refractivity contribution in [2.24, 2.45) is 0 Å². The normalized spacial score (nSPS) is 16.7. The summed E-state index contributed by atoms with van der Waals surface area (Å²) in [5.41, 5.74) is 1.90. The molecule has 1 heterocycles. The van der Waals surface area contributed by atoms with Gasteiger partial charge in [-0.25, -0.2) is 4.39 Å². The Morgan fingerprint density at radius 3 is 2.47 bits per heavy atom. The highest BCUT2D eigenvalue weighted by Crippen LogP contribution is 2.27. The number of hydrogen-bond donors (Lipinski definition) is 1. The molecule has 1 aliphatic rings. The standard InChI is InChI=1S/C16H25FN2/c1-13(2)18-12-14-8-7-9-15(17)16(14)19-10-5-3-4-6-11-19/h7-9,13,18H,3-6,10-12H2,1-2H3. The quantitative estimate of drug-likeness (QED) is 0.892. The van der Waals surface area contributed by atoms with Crippen LogP contribution in [0.25, 0.3) is 0 Å². The Bertz CT molecular complexity index is 396. The van der Waals surface area contributed by atoms with Gasteiger partial charge in [-0.2, -0.15) is 0 Å². The molecule has 0 saturated carbocycles. The Morgan fingerprint density at radius 1 is 1.16 bits per heavy atom. The number of para-hydroxylation sites is 1. The van der Waals surface area contributed by atoms with E-state index in [0.29, 0.717) is 6.04 Å². The SMILES string of the molecule is CC(C)NCc1cccc(F)c1N1CCCCCC1. The van der Waals surface area contributed by atoms with Crippen LogP contribution < -0.4 is 10.2 Å². The zero-order valence-corrected chi connectivity index (χ0v) is 12.1. The van der Waals surface area contributed by atoms with Crippen LogP contribution in [-0.4, -0.2) is 19.1 Å². The number of hydrogen-bond acceptors (Lipinski definition) is 2. The number of rotatable bonds is 4. The molecule has 0 radical (unpaired) electrons. The Balaban J connectivity index is 2.20. The molecule has 0 aliphatic carbocycles. The molecule has 106 valence electrons. The molecule has 19 heavy (non-hydrogen) atoms. The van der Waals surface area contributed by atoms with Gasteiger partial charge in [0.25, 0.3) is 0 Å². The molecule has 0 bridgehead atoms. The second-order valence-electron chi connectivity index (χ2n) is 5.68. The van der Waals surface area contributed by atoms with Crippen LogP contribution in [0.15, 0.2) is 18.2 Å². The molecule has 0 unspecified atom stereocenters. The van der Waals surface area contributed by atoms with Crippen LogP contribution in [0.3, 0.4) is 0 Å². The van der Waals surface area contributed by atoms with Crippen molar-refractivity contribution >= 4 is 5.69 Å². The van der Waals surface area contributed by atoms with Crippen LogP contribution in [0.4, 0.5) is 10.1 Å². The fourth-order valence-electron chi connectivity index (χ4n) is 2.67. The van der Waals surface area contributed by atoms with Crippen molar-refractivity contribution in [2.45, 2.75) is 52.1 Å². The third-order valence-corrected chi connectivity index (χ3v) is 3.69. The first-order chi connectivity index (χ1) is 9.18. The third kappa shape index (κ3) is 3.93. The van der Waals surface area contributed by atoms with Crippen molar-refractivity contribution in [3.8, 4) is 0 Å². The van der Waals surface area contributed by atoms with Gasteiger partial charge in [0.05, 0.1) is 5.69 Å². The molecule has 2 rings (SSSR count). The zero-order valence-electron chi connectivity index (χ0n) is 12.1. The lowest BCUT2D eigenvalue weighted by Gasteiger charge is -2.26. The van der Waals surface area contributed by atoms with E-state index in [1.165, 1.54) is 25.7 Å². The van der Waals surface area contributed by atoms with Crippen molar-refractivity contribution in [3.05, 3.63) is 29.6 Å². The first kappa shape index (κ1) is 14.3. The summed E-state index contributed by atoms with van der Waals surface area (Å²) in [6, 6.07) is 5.85. The molecule has 1 saturated heterocycles. The Kier molecular flexibility index (Phi) is 5.20. The fourth-order valence-corrected chi connectivity index (χ4v) is 2.67. The van der Waals surface area contributed by atoms with Crippen LogP contribution in [0.2, 0.25) is 0 Å². The van der Waals surface area contributed by atoms with Gasteiger partial charge < -0.3 is 10.2 Å². The molecule has 1 fully saturated rings. The second-order valence-corrected chi connectivity index (χ2v) is 5.68. The molecule has 3 heteroatoms. The highest BCUT2D eigenvalue weighted by atomic mass is 19.1. The van der Waals surface area contributed by atoms with Gasteiger partial charge in [-0.05, 0) is 24.5 Å². The molecular weight excluding hydrogens is 239 g/mol. The summed E-state index contributed by atoms with van der Waals surface area (Å²) in [7, 11) is 0. The minimum atomic E-state index is -0.0787. The first-order valence-corrected chi connectivity index (χ1v) is 7.44. The van der Waals surface area contributed by atoms with Crippen LogP contribution in [0.5, 0.6) is 0 Å². The highest BCUT2D eigenvalue weighted by Gasteiger charge is 2.17. The average Bonchev–Trinajstić information content (AvgIpc) is 2.65. The Labute approximate surface area is 116 Å². The van der Waals surface area contributed by atoms with Crippen LogP contribution >= 0.6 is 0 Å². The maximum atomic E-state index is 14.2. The summed E-state index contributed by atoms with van der Waals surface area (Å²) in [6.07, 6.45) is 4.88. The van der Waals surface area contributed by atoms with E-state index in [-0.39, 0.29) is 5.82 Å². The predicted molar refractivity (Wildman–Crippen MR) is 79.1 cm³/mol. The van der Waals surface area contributed by atoms with E-state index in [0.717, 1.165) is 30.9 Å². The maximum absolute atomic E-state index is 14.2. The van der Waals surface area contributed by atoms with E-state index in [9.17, 15) is 4.39 Å². The molecule has 1 N–H and O–H groups in total. The van der Waals surface area contributed by atoms with Crippen molar-refractivity contribution in [1.82, 2.24) is 5.32 Å². The zero-order chi connectivity index (χ0) is 13.7. The maximum Gasteiger partial charge on any atom is 0.146 e. The molecule has 1 aliphatic heterocycles. The number of nitrogens with one attached hydrogen (secondary N) is 1. The average molecular weight is 264 g/mol. The van der Waals surface area contributed by atoms with Crippen molar-refractivity contribution in [2.75, 3.05) is 18.0 Å². The molecule has 2 nitrogen and oxygen atoms in total. The van der Waals surface area contributed by atoms with Gasteiger partial charge in [0.15, 0.2) is 0 Å². The summed E-state index contributed by atoms with van der Waals surface area (Å²) in [5.74, 6) is -0.0787. The van der Waals surface area contributed by atoms with Crippen LogP contribution in [0.1, 0.15) is 45.1 Å². The van der Waals surface area contributed by atoms with Crippen molar-refractivity contribution in [3.63, 3.8) is 0 Å². The number of halogens is 1. The molecule has 1 aromatic rings. The van der Waals surface area contributed by atoms with E-state index in [1.807, 2.05) is 12.1 Å². The van der Waals surface area contributed by atoms with Crippen molar-refractivity contribution in [1.29, 1.82) is 0 Å². The van der Waals surface area contributed by atoms with Gasteiger partial charge in [-0.15, -0.1) is 0 Å². The summed E-state index contributed by atoms with van der Waals surface area (Å²) < 4.78 is 14.2. The van der Waals surface area contributed by atoms with Gasteiger partial charge in [0.1, 0.15) is 5.82 Å². The molecule has 0 spiro atoms. The van der Waals surface area contributed by atoms with E-state index < -0.39 is 0 Å². The van der Waals surface area contributed by atoms with Gasteiger partial charge >= 0.3 is 0 Å². The molecule has 0 atom stereocenters. The van der Waals surface area contributed by atoms with Gasteiger partial charge in [-0.3, -0.25) is 0 Å². The monoisotopic (exact) mass is 264 g/mol. The van der Waals surface area contributed by atoms with Gasteiger partial charge in [0.2, 0.25) is 0 Å². The second kappa shape index (κ2) is 6.90. The lowest BCUT2D eigenvalue weighted by molar-refractivity contribution is 0.577. The van der Waals surface area contributed by atoms with E-state index in [2.05, 4.69) is 24.1 Å². The molecule has 0 amide bonds. The van der Waals surface area contributed by atoms with E-state index in [4.69, 9.17) is 0 Å². The molecule has 0 aromatic heterocycles. The Hall–Kier alpha value is -1.09. The number of anilines is 1. The summed E-state index contributed by atoms with van der Waals surface area (Å²) in [4.78, 5) is 2.24. The minimum Gasteiger partial charge on any atom is -0.369 e. The smallest absolute Gasteiger partial charge is 0.146 e. The minimum absolute atomic E-state index is 0.0787. The lowest BCUT2D eigenvalue weighted by atomic mass is 10.1. The van der Waals surface area contributed by atoms with E-state index in [1.54, 1.807) is 6.07 Å². The van der Waals surface area contributed by atoms with E-state index >= 15 is 0 Å².